The third-order valence-corrected chi connectivity index (χ3v) is 6.36. The second kappa shape index (κ2) is 5.97. The lowest BCUT2D eigenvalue weighted by molar-refractivity contribution is -0.136. The molecule has 3 aliphatic rings. The number of carbonyl (C=O) groups excluding carboxylic acids is 2. The molecule has 0 unspecified atom stereocenters. The highest BCUT2D eigenvalue weighted by Crippen LogP contribution is 2.50. The van der Waals surface area contributed by atoms with Crippen molar-refractivity contribution in [3.8, 4) is 0 Å². The van der Waals surface area contributed by atoms with Crippen LogP contribution in [0.5, 0.6) is 0 Å². The van der Waals surface area contributed by atoms with Crippen molar-refractivity contribution in [3.05, 3.63) is 42.4 Å². The Bertz CT molecular complexity index is 870. The van der Waals surface area contributed by atoms with Crippen LogP contribution in [0.2, 0.25) is 0 Å². The fourth-order valence-corrected chi connectivity index (χ4v) is 4.72. The summed E-state index contributed by atoms with van der Waals surface area (Å²) in [5.41, 5.74) is 0.333. The first-order valence-corrected chi connectivity index (χ1v) is 9.67. The van der Waals surface area contributed by atoms with Crippen molar-refractivity contribution >= 4 is 11.8 Å². The van der Waals surface area contributed by atoms with E-state index in [-0.39, 0.29) is 17.7 Å². The van der Waals surface area contributed by atoms with Crippen molar-refractivity contribution < 1.29 is 14.0 Å². The number of hydrogen-bond acceptors (Lipinski definition) is 4. The van der Waals surface area contributed by atoms with Crippen molar-refractivity contribution in [1.82, 2.24) is 19.4 Å². The molecule has 4 heterocycles. The second-order valence-electron chi connectivity index (χ2n) is 8.28. The van der Waals surface area contributed by atoms with E-state index >= 15 is 0 Å². The van der Waals surface area contributed by atoms with Gasteiger partial charge in [0.2, 0.25) is 5.91 Å². The first-order valence-electron chi connectivity index (χ1n) is 9.67. The van der Waals surface area contributed by atoms with E-state index < -0.39 is 5.41 Å². The number of carbonyl (C=O) groups is 2. The van der Waals surface area contributed by atoms with Crippen LogP contribution in [0.25, 0.3) is 0 Å². The van der Waals surface area contributed by atoms with E-state index in [0.29, 0.717) is 24.8 Å². The highest BCUT2D eigenvalue weighted by Gasteiger charge is 2.59. The average molecular weight is 368 g/mol. The molecule has 0 N–H and O–H groups in total. The number of nitrogens with zero attached hydrogens (tertiary/aromatic N) is 4. The molecular weight excluding hydrogens is 344 g/mol. The zero-order chi connectivity index (χ0) is 18.6. The van der Waals surface area contributed by atoms with E-state index in [1.165, 1.54) is 19.1 Å². The smallest absolute Gasteiger partial charge is 0.289 e. The molecule has 7 heteroatoms. The minimum Gasteiger partial charge on any atom is -0.459 e. The summed E-state index contributed by atoms with van der Waals surface area (Å²) in [5.74, 6) is 0.965. The first kappa shape index (κ1) is 16.6. The van der Waals surface area contributed by atoms with Crippen LogP contribution in [0.4, 0.5) is 0 Å². The van der Waals surface area contributed by atoms with E-state index in [2.05, 4.69) is 4.98 Å². The molecule has 0 aromatic carbocycles. The molecule has 1 saturated carbocycles. The van der Waals surface area contributed by atoms with Crippen molar-refractivity contribution in [2.24, 2.45) is 18.4 Å². The summed E-state index contributed by atoms with van der Waals surface area (Å²) in [6.45, 7) is 2.58. The van der Waals surface area contributed by atoms with Gasteiger partial charge in [-0.15, -0.1) is 0 Å². The number of aromatic nitrogens is 2. The fourth-order valence-electron chi connectivity index (χ4n) is 4.72. The highest BCUT2D eigenvalue weighted by molar-refractivity contribution is 5.94. The van der Waals surface area contributed by atoms with E-state index in [9.17, 15) is 9.59 Å². The Morgan fingerprint density at radius 3 is 2.93 bits per heavy atom. The summed E-state index contributed by atoms with van der Waals surface area (Å²) in [5, 5.41) is 0. The van der Waals surface area contributed by atoms with Crippen LogP contribution in [0.3, 0.4) is 0 Å². The summed E-state index contributed by atoms with van der Waals surface area (Å²) in [6, 6.07) is 3.40. The Balaban J connectivity index is 1.47. The normalized spacial score (nSPS) is 27.9. The van der Waals surface area contributed by atoms with Gasteiger partial charge in [0, 0.05) is 45.3 Å². The predicted molar refractivity (Wildman–Crippen MR) is 96.9 cm³/mol. The van der Waals surface area contributed by atoms with Gasteiger partial charge in [0.1, 0.15) is 0 Å². The second-order valence-corrected chi connectivity index (χ2v) is 8.28. The minimum atomic E-state index is -0.564. The topological polar surface area (TPSA) is 71.6 Å². The van der Waals surface area contributed by atoms with Crippen LogP contribution in [-0.2, 0) is 11.8 Å². The maximum Gasteiger partial charge on any atom is 0.289 e. The zero-order valence-electron chi connectivity index (χ0n) is 15.5. The number of aryl methyl sites for hydroxylation is 1. The predicted octanol–water partition coefficient (Wildman–Crippen LogP) is 1.88. The van der Waals surface area contributed by atoms with Gasteiger partial charge in [0.25, 0.3) is 5.91 Å². The average Bonchev–Trinajstić information content (AvgIpc) is 3.06. The molecule has 0 bridgehead atoms. The quantitative estimate of drug-likeness (QED) is 0.826. The number of likely N-dealkylation sites (tertiary alicyclic amines) is 2. The van der Waals surface area contributed by atoms with Gasteiger partial charge in [-0.1, -0.05) is 0 Å². The summed E-state index contributed by atoms with van der Waals surface area (Å²) < 4.78 is 7.21. The van der Waals surface area contributed by atoms with E-state index in [4.69, 9.17) is 4.42 Å². The highest BCUT2D eigenvalue weighted by atomic mass is 16.3. The van der Waals surface area contributed by atoms with Crippen molar-refractivity contribution in [2.75, 3.05) is 26.2 Å². The SMILES string of the molecule is Cn1cnc([C@H]2CN(C(=O)c3ccco3)C[C@@]23CCN(CC2CC2)C3=O)c1. The molecule has 2 aromatic heterocycles. The summed E-state index contributed by atoms with van der Waals surface area (Å²) in [4.78, 5) is 34.7. The van der Waals surface area contributed by atoms with Crippen LogP contribution in [0.15, 0.2) is 35.3 Å². The molecule has 1 spiro atoms. The van der Waals surface area contributed by atoms with Crippen molar-refractivity contribution in [3.63, 3.8) is 0 Å². The summed E-state index contributed by atoms with van der Waals surface area (Å²) >= 11 is 0. The van der Waals surface area contributed by atoms with Gasteiger partial charge in [-0.3, -0.25) is 9.59 Å². The molecule has 3 fully saturated rings. The molecule has 5 rings (SSSR count). The molecule has 7 nitrogen and oxygen atoms in total. The van der Waals surface area contributed by atoms with E-state index in [0.717, 1.165) is 25.2 Å². The van der Waals surface area contributed by atoms with Crippen LogP contribution in [0.1, 0.15) is 41.4 Å². The Kier molecular flexibility index (Phi) is 3.67. The molecule has 2 saturated heterocycles. The number of amides is 2. The van der Waals surface area contributed by atoms with E-state index in [1.807, 2.05) is 22.7 Å². The monoisotopic (exact) mass is 368 g/mol. The van der Waals surface area contributed by atoms with Crippen molar-refractivity contribution in [2.45, 2.75) is 25.2 Å². The van der Waals surface area contributed by atoms with Crippen LogP contribution < -0.4 is 0 Å². The number of furan rings is 1. The molecule has 142 valence electrons. The van der Waals surface area contributed by atoms with Gasteiger partial charge in [-0.25, -0.2) is 4.98 Å². The van der Waals surface area contributed by atoms with Gasteiger partial charge in [-0.2, -0.15) is 0 Å². The van der Waals surface area contributed by atoms with Gasteiger partial charge < -0.3 is 18.8 Å². The van der Waals surface area contributed by atoms with Gasteiger partial charge in [-0.05, 0) is 37.3 Å². The first-order chi connectivity index (χ1) is 13.1. The molecule has 0 radical (unpaired) electrons. The lowest BCUT2D eigenvalue weighted by Crippen LogP contribution is -2.41. The largest absolute Gasteiger partial charge is 0.459 e. The molecule has 2 amide bonds. The standard InChI is InChI=1S/C20H24N4O3/c1-22-11-16(21-13-22)15-10-24(18(25)17-3-2-8-27-17)12-20(15)6-7-23(19(20)26)9-14-4-5-14/h2-3,8,11,13-15H,4-7,9-10,12H2,1H3/t15-,20+/m1/s1. The molecule has 2 atom stereocenters. The Morgan fingerprint density at radius 1 is 1.41 bits per heavy atom. The number of rotatable bonds is 4. The Labute approximate surface area is 157 Å². The minimum absolute atomic E-state index is 0.0747. The zero-order valence-corrected chi connectivity index (χ0v) is 15.5. The number of imidazole rings is 1. The van der Waals surface area contributed by atoms with Gasteiger partial charge >= 0.3 is 0 Å². The van der Waals surface area contributed by atoms with Gasteiger partial charge in [0.15, 0.2) is 5.76 Å². The molecular formula is C20H24N4O3. The maximum atomic E-state index is 13.5. The maximum absolute atomic E-state index is 13.5. The van der Waals surface area contributed by atoms with Crippen LogP contribution >= 0.6 is 0 Å². The summed E-state index contributed by atoms with van der Waals surface area (Å²) in [7, 11) is 1.93. The van der Waals surface area contributed by atoms with E-state index in [1.54, 1.807) is 23.4 Å². The van der Waals surface area contributed by atoms with Gasteiger partial charge in [0.05, 0.1) is 23.7 Å². The third-order valence-electron chi connectivity index (χ3n) is 6.36. The molecule has 27 heavy (non-hydrogen) atoms. The molecule has 1 aliphatic carbocycles. The molecule has 2 aliphatic heterocycles. The number of hydrogen-bond donors (Lipinski definition) is 0. The lowest BCUT2D eigenvalue weighted by Gasteiger charge is -2.27. The lowest BCUT2D eigenvalue weighted by atomic mass is 9.75. The third kappa shape index (κ3) is 2.67. The molecule has 2 aromatic rings. The van der Waals surface area contributed by atoms with Crippen LogP contribution in [-0.4, -0.2) is 57.3 Å². The van der Waals surface area contributed by atoms with Crippen LogP contribution in [0, 0.1) is 11.3 Å². The summed E-state index contributed by atoms with van der Waals surface area (Å²) in [6.07, 6.45) is 8.48. The fraction of sp³-hybridized carbons (Fsp3) is 0.550. The Morgan fingerprint density at radius 2 is 2.26 bits per heavy atom. The Hall–Kier alpha value is -2.57. The van der Waals surface area contributed by atoms with Crippen molar-refractivity contribution in [1.29, 1.82) is 0 Å².